The number of benzene rings is 1. The van der Waals surface area contributed by atoms with E-state index in [1.54, 1.807) is 6.07 Å². The van der Waals surface area contributed by atoms with Crippen molar-refractivity contribution >= 4 is 17.5 Å². The first-order chi connectivity index (χ1) is 13.0. The lowest BCUT2D eigenvalue weighted by Gasteiger charge is -2.31. The van der Waals surface area contributed by atoms with Crippen LogP contribution in [0.1, 0.15) is 59.8 Å². The Kier molecular flexibility index (Phi) is 4.72. The van der Waals surface area contributed by atoms with Crippen molar-refractivity contribution in [2.75, 3.05) is 11.9 Å². The molecule has 1 N–H and O–H groups in total. The molecular formula is C21H24FN3O2. The second-order valence-corrected chi connectivity index (χ2v) is 7.45. The third kappa shape index (κ3) is 3.36. The number of carbonyl (C=O) groups excluding carboxylic acids is 2. The van der Waals surface area contributed by atoms with Gasteiger partial charge in [-0.25, -0.2) is 4.39 Å². The highest BCUT2D eigenvalue weighted by Crippen LogP contribution is 2.33. The molecule has 0 radical (unpaired) electrons. The zero-order valence-electron chi connectivity index (χ0n) is 15.5. The van der Waals surface area contributed by atoms with Crippen LogP contribution < -0.4 is 5.32 Å². The van der Waals surface area contributed by atoms with E-state index in [1.165, 1.54) is 6.07 Å². The number of likely N-dealkylation sites (tertiary alicyclic amines) is 1. The molecule has 6 heteroatoms. The Morgan fingerprint density at radius 1 is 1.22 bits per heavy atom. The van der Waals surface area contributed by atoms with Gasteiger partial charge in [0.15, 0.2) is 0 Å². The SMILES string of the molecule is Cn1cccc1C1CCCCCN1C(=O)c1cc2c(cc1F)NC(=O)CC2. The Bertz CT molecular complexity index is 890. The van der Waals surface area contributed by atoms with Crippen LogP contribution in [0.25, 0.3) is 0 Å². The molecule has 2 amide bonds. The number of hydrogen-bond donors (Lipinski definition) is 1. The molecule has 1 aromatic heterocycles. The molecule has 2 aliphatic rings. The molecular weight excluding hydrogens is 345 g/mol. The number of aromatic nitrogens is 1. The summed E-state index contributed by atoms with van der Waals surface area (Å²) >= 11 is 0. The number of nitrogens with one attached hydrogen (secondary N) is 1. The topological polar surface area (TPSA) is 54.3 Å². The second kappa shape index (κ2) is 7.18. The van der Waals surface area contributed by atoms with Crippen molar-refractivity contribution in [3.8, 4) is 0 Å². The van der Waals surface area contributed by atoms with Crippen molar-refractivity contribution in [2.45, 2.75) is 44.6 Å². The minimum atomic E-state index is -0.573. The maximum Gasteiger partial charge on any atom is 0.257 e. The predicted molar refractivity (Wildman–Crippen MR) is 101 cm³/mol. The molecule has 0 spiro atoms. The van der Waals surface area contributed by atoms with Gasteiger partial charge in [-0.2, -0.15) is 0 Å². The van der Waals surface area contributed by atoms with Gasteiger partial charge in [0.05, 0.1) is 11.6 Å². The quantitative estimate of drug-likeness (QED) is 0.875. The first kappa shape index (κ1) is 17.8. The van der Waals surface area contributed by atoms with Gasteiger partial charge in [0, 0.05) is 37.6 Å². The van der Waals surface area contributed by atoms with Crippen LogP contribution in [0.15, 0.2) is 30.5 Å². The normalized spacial score (nSPS) is 20.0. The van der Waals surface area contributed by atoms with Crippen LogP contribution in [0.5, 0.6) is 0 Å². The minimum Gasteiger partial charge on any atom is -0.353 e. The molecule has 27 heavy (non-hydrogen) atoms. The highest BCUT2D eigenvalue weighted by Gasteiger charge is 2.31. The van der Waals surface area contributed by atoms with Crippen LogP contribution in [-0.2, 0) is 18.3 Å². The summed E-state index contributed by atoms with van der Waals surface area (Å²) in [6.07, 6.45) is 6.80. The number of hydrogen-bond acceptors (Lipinski definition) is 2. The monoisotopic (exact) mass is 369 g/mol. The summed E-state index contributed by atoms with van der Waals surface area (Å²) in [6, 6.07) is 6.88. The van der Waals surface area contributed by atoms with Gasteiger partial charge in [0.25, 0.3) is 5.91 Å². The van der Waals surface area contributed by atoms with Crippen molar-refractivity contribution < 1.29 is 14.0 Å². The molecule has 3 heterocycles. The van der Waals surface area contributed by atoms with Gasteiger partial charge in [-0.15, -0.1) is 0 Å². The van der Waals surface area contributed by atoms with Crippen molar-refractivity contribution in [3.63, 3.8) is 0 Å². The molecule has 0 saturated carbocycles. The van der Waals surface area contributed by atoms with E-state index in [-0.39, 0.29) is 23.4 Å². The van der Waals surface area contributed by atoms with Crippen LogP contribution in [-0.4, -0.2) is 27.8 Å². The lowest BCUT2D eigenvalue weighted by atomic mass is 9.98. The molecule has 142 valence electrons. The summed E-state index contributed by atoms with van der Waals surface area (Å²) in [5, 5.41) is 2.69. The van der Waals surface area contributed by atoms with Crippen LogP contribution in [0.2, 0.25) is 0 Å². The smallest absolute Gasteiger partial charge is 0.257 e. The van der Waals surface area contributed by atoms with Crippen LogP contribution in [0.3, 0.4) is 0 Å². The first-order valence-corrected chi connectivity index (χ1v) is 9.59. The maximum absolute atomic E-state index is 14.8. The number of amides is 2. The summed E-state index contributed by atoms with van der Waals surface area (Å²) < 4.78 is 16.8. The first-order valence-electron chi connectivity index (χ1n) is 9.59. The Morgan fingerprint density at radius 3 is 2.85 bits per heavy atom. The van der Waals surface area contributed by atoms with E-state index in [2.05, 4.69) is 5.32 Å². The fourth-order valence-electron chi connectivity index (χ4n) is 4.20. The van der Waals surface area contributed by atoms with E-state index in [4.69, 9.17) is 0 Å². The van der Waals surface area contributed by atoms with E-state index in [0.717, 1.165) is 36.9 Å². The average molecular weight is 369 g/mol. The van der Waals surface area contributed by atoms with E-state index < -0.39 is 5.82 Å². The summed E-state index contributed by atoms with van der Waals surface area (Å²) in [6.45, 7) is 0.627. The van der Waals surface area contributed by atoms with E-state index >= 15 is 0 Å². The number of nitrogens with zero attached hydrogens (tertiary/aromatic N) is 2. The van der Waals surface area contributed by atoms with Gasteiger partial charge < -0.3 is 14.8 Å². The largest absolute Gasteiger partial charge is 0.353 e. The van der Waals surface area contributed by atoms with Crippen LogP contribution in [0.4, 0.5) is 10.1 Å². The third-order valence-electron chi connectivity index (χ3n) is 5.66. The fourth-order valence-corrected chi connectivity index (χ4v) is 4.20. The molecule has 0 aliphatic carbocycles. The van der Waals surface area contributed by atoms with Gasteiger partial charge in [-0.1, -0.05) is 12.8 Å². The van der Waals surface area contributed by atoms with Gasteiger partial charge in [0.1, 0.15) is 5.82 Å². The van der Waals surface area contributed by atoms with Crippen molar-refractivity contribution in [1.82, 2.24) is 9.47 Å². The molecule has 1 unspecified atom stereocenters. The number of rotatable bonds is 2. The second-order valence-electron chi connectivity index (χ2n) is 7.45. The van der Waals surface area contributed by atoms with Gasteiger partial charge in [-0.05, 0) is 49.1 Å². The summed E-state index contributed by atoms with van der Waals surface area (Å²) in [5.74, 6) is -0.951. The molecule has 1 atom stereocenters. The average Bonchev–Trinajstić information content (AvgIpc) is 2.92. The van der Waals surface area contributed by atoms with Crippen molar-refractivity contribution in [3.05, 3.63) is 53.1 Å². The molecule has 0 bridgehead atoms. The Balaban J connectivity index is 1.69. The van der Waals surface area contributed by atoms with Gasteiger partial charge in [0.2, 0.25) is 5.91 Å². The number of carbonyl (C=O) groups is 2. The zero-order chi connectivity index (χ0) is 19.0. The van der Waals surface area contributed by atoms with Crippen molar-refractivity contribution in [2.24, 2.45) is 7.05 Å². The standard InChI is InChI=1S/C21H24FN3O2/c1-24-10-5-7-18(24)19-6-3-2-4-11-25(19)21(27)15-12-14-8-9-20(26)23-17(14)13-16(15)22/h5,7,10,12-13,19H,2-4,6,8-9,11H2,1H3,(H,23,26). The van der Waals surface area contributed by atoms with E-state index in [9.17, 15) is 14.0 Å². The lowest BCUT2D eigenvalue weighted by molar-refractivity contribution is -0.116. The molecule has 1 saturated heterocycles. The summed E-state index contributed by atoms with van der Waals surface area (Å²) in [7, 11) is 1.98. The molecule has 1 aromatic carbocycles. The van der Waals surface area contributed by atoms with Gasteiger partial charge >= 0.3 is 0 Å². The molecule has 2 aliphatic heterocycles. The Hall–Kier alpha value is -2.63. The molecule has 4 rings (SSSR count). The van der Waals surface area contributed by atoms with E-state index in [1.807, 2.05) is 34.8 Å². The summed E-state index contributed by atoms with van der Waals surface area (Å²) in [4.78, 5) is 26.7. The Labute approximate surface area is 158 Å². The molecule has 1 fully saturated rings. The molecule has 2 aromatic rings. The van der Waals surface area contributed by atoms with E-state index in [0.29, 0.717) is 25.1 Å². The third-order valence-corrected chi connectivity index (χ3v) is 5.66. The van der Waals surface area contributed by atoms with Gasteiger partial charge in [-0.3, -0.25) is 9.59 Å². The number of anilines is 1. The van der Waals surface area contributed by atoms with Crippen LogP contribution in [0, 0.1) is 5.82 Å². The number of aryl methyl sites for hydroxylation is 2. The molecule has 5 nitrogen and oxygen atoms in total. The van der Waals surface area contributed by atoms with Crippen LogP contribution >= 0.6 is 0 Å². The maximum atomic E-state index is 14.8. The fraction of sp³-hybridized carbons (Fsp3) is 0.429. The highest BCUT2D eigenvalue weighted by molar-refractivity contribution is 5.98. The zero-order valence-corrected chi connectivity index (χ0v) is 15.5. The highest BCUT2D eigenvalue weighted by atomic mass is 19.1. The van der Waals surface area contributed by atoms with Crippen molar-refractivity contribution in [1.29, 1.82) is 0 Å². The Morgan fingerprint density at radius 2 is 2.07 bits per heavy atom. The number of fused-ring (bicyclic) bond motifs is 1. The number of halogens is 1. The lowest BCUT2D eigenvalue weighted by Crippen LogP contribution is -2.36. The minimum absolute atomic E-state index is 0.0462. The predicted octanol–water partition coefficient (Wildman–Crippen LogP) is 3.81. The summed E-state index contributed by atoms with van der Waals surface area (Å²) in [5.41, 5.74) is 2.49.